The standard InChI is InChI=1S/C19H19N5O3/c1-10-4-7-13(8-16(10)24(26)27)20-19(25)14-9-15(12-5-6-12)21-18-17(14)11(2)22-23(18)3/h4,7-9,12H,5-6H2,1-3H3,(H,20,25). The fourth-order valence-corrected chi connectivity index (χ4v) is 3.31. The molecule has 1 N–H and O–H groups in total. The molecule has 1 saturated carbocycles. The zero-order chi connectivity index (χ0) is 19.3. The zero-order valence-electron chi connectivity index (χ0n) is 15.3. The Morgan fingerprint density at radius 1 is 1.30 bits per heavy atom. The minimum Gasteiger partial charge on any atom is -0.322 e. The maximum atomic E-state index is 13.0. The van der Waals surface area contributed by atoms with Crippen molar-refractivity contribution in [3.8, 4) is 0 Å². The molecule has 0 radical (unpaired) electrons. The molecule has 138 valence electrons. The van der Waals surface area contributed by atoms with Gasteiger partial charge in [0.25, 0.3) is 11.6 Å². The van der Waals surface area contributed by atoms with Crippen LogP contribution in [0.4, 0.5) is 11.4 Å². The molecule has 0 saturated heterocycles. The zero-order valence-corrected chi connectivity index (χ0v) is 15.3. The number of nitrogens with one attached hydrogen (secondary N) is 1. The number of nitro groups is 1. The maximum absolute atomic E-state index is 13.0. The molecule has 3 aromatic rings. The number of anilines is 1. The van der Waals surface area contributed by atoms with Crippen molar-refractivity contribution < 1.29 is 9.72 Å². The normalized spacial score (nSPS) is 13.7. The predicted octanol–water partition coefficient (Wildman–Crippen LogP) is 3.62. The summed E-state index contributed by atoms with van der Waals surface area (Å²) in [5.74, 6) is 0.0650. The van der Waals surface area contributed by atoms with E-state index in [1.807, 2.05) is 20.0 Å². The number of hydrogen-bond donors (Lipinski definition) is 1. The number of aromatic nitrogens is 3. The van der Waals surface area contributed by atoms with Gasteiger partial charge >= 0.3 is 0 Å². The number of carbonyl (C=O) groups excluding carboxylic acids is 1. The number of nitro benzene ring substituents is 1. The molecule has 27 heavy (non-hydrogen) atoms. The monoisotopic (exact) mass is 365 g/mol. The van der Waals surface area contributed by atoms with Gasteiger partial charge in [-0.25, -0.2) is 4.98 Å². The molecule has 8 nitrogen and oxygen atoms in total. The van der Waals surface area contributed by atoms with E-state index in [0.717, 1.165) is 24.2 Å². The number of aryl methyl sites for hydroxylation is 3. The van der Waals surface area contributed by atoms with Gasteiger partial charge in [-0.15, -0.1) is 0 Å². The Kier molecular flexibility index (Phi) is 3.91. The third-order valence-electron chi connectivity index (χ3n) is 4.89. The Morgan fingerprint density at radius 2 is 2.04 bits per heavy atom. The van der Waals surface area contributed by atoms with Crippen molar-refractivity contribution in [2.75, 3.05) is 5.32 Å². The van der Waals surface area contributed by atoms with Gasteiger partial charge in [-0.3, -0.25) is 19.6 Å². The fraction of sp³-hybridized carbons (Fsp3) is 0.316. The molecule has 0 spiro atoms. The minimum atomic E-state index is -0.452. The number of rotatable bonds is 4. The predicted molar refractivity (Wildman–Crippen MR) is 101 cm³/mol. The second kappa shape index (κ2) is 6.15. The van der Waals surface area contributed by atoms with Crippen LogP contribution in [0.5, 0.6) is 0 Å². The van der Waals surface area contributed by atoms with Crippen molar-refractivity contribution in [2.24, 2.45) is 7.05 Å². The van der Waals surface area contributed by atoms with E-state index < -0.39 is 4.92 Å². The largest absolute Gasteiger partial charge is 0.322 e. The van der Waals surface area contributed by atoms with E-state index in [4.69, 9.17) is 0 Å². The summed E-state index contributed by atoms with van der Waals surface area (Å²) in [6.45, 7) is 3.51. The van der Waals surface area contributed by atoms with Crippen LogP contribution in [0.2, 0.25) is 0 Å². The number of amides is 1. The second-order valence-corrected chi connectivity index (χ2v) is 6.99. The van der Waals surface area contributed by atoms with Gasteiger partial charge < -0.3 is 5.32 Å². The van der Waals surface area contributed by atoms with Gasteiger partial charge in [-0.2, -0.15) is 5.10 Å². The van der Waals surface area contributed by atoms with Gasteiger partial charge in [0.1, 0.15) is 0 Å². The first kappa shape index (κ1) is 17.1. The van der Waals surface area contributed by atoms with Gasteiger partial charge in [0.15, 0.2) is 5.65 Å². The number of hydrogen-bond acceptors (Lipinski definition) is 5. The van der Waals surface area contributed by atoms with Crippen LogP contribution in [0.1, 0.15) is 46.1 Å². The van der Waals surface area contributed by atoms with Crippen molar-refractivity contribution in [2.45, 2.75) is 32.6 Å². The van der Waals surface area contributed by atoms with Gasteiger partial charge in [0.2, 0.25) is 0 Å². The van der Waals surface area contributed by atoms with Crippen LogP contribution in [0.3, 0.4) is 0 Å². The summed E-state index contributed by atoms with van der Waals surface area (Å²) in [6, 6.07) is 6.49. The highest BCUT2D eigenvalue weighted by atomic mass is 16.6. The number of benzene rings is 1. The van der Waals surface area contributed by atoms with Gasteiger partial charge in [-0.1, -0.05) is 6.07 Å². The first-order valence-corrected chi connectivity index (χ1v) is 8.76. The van der Waals surface area contributed by atoms with Crippen LogP contribution in [-0.2, 0) is 7.05 Å². The topological polar surface area (TPSA) is 103 Å². The Balaban J connectivity index is 1.76. The fourth-order valence-electron chi connectivity index (χ4n) is 3.31. The highest BCUT2D eigenvalue weighted by molar-refractivity contribution is 6.12. The molecule has 2 aromatic heterocycles. The minimum absolute atomic E-state index is 0.0242. The maximum Gasteiger partial charge on any atom is 0.274 e. The van der Waals surface area contributed by atoms with Gasteiger partial charge in [-0.05, 0) is 38.8 Å². The van der Waals surface area contributed by atoms with E-state index in [0.29, 0.717) is 33.8 Å². The quantitative estimate of drug-likeness (QED) is 0.562. The molecule has 0 aliphatic heterocycles. The van der Waals surface area contributed by atoms with Crippen LogP contribution in [0.25, 0.3) is 11.0 Å². The van der Waals surface area contributed by atoms with Crippen molar-refractivity contribution in [3.63, 3.8) is 0 Å². The molecule has 8 heteroatoms. The molecule has 1 fully saturated rings. The second-order valence-electron chi connectivity index (χ2n) is 6.99. The molecule has 1 aromatic carbocycles. The van der Waals surface area contributed by atoms with Crippen LogP contribution < -0.4 is 5.32 Å². The molecule has 0 bridgehead atoms. The lowest BCUT2D eigenvalue weighted by Crippen LogP contribution is -2.14. The molecule has 0 unspecified atom stereocenters. The average molecular weight is 365 g/mol. The lowest BCUT2D eigenvalue weighted by atomic mass is 10.1. The van der Waals surface area contributed by atoms with Crippen molar-refractivity contribution in [1.29, 1.82) is 0 Å². The molecule has 4 rings (SSSR count). The van der Waals surface area contributed by atoms with Crippen molar-refractivity contribution >= 4 is 28.3 Å². The molecule has 1 amide bonds. The summed E-state index contributed by atoms with van der Waals surface area (Å²) in [5.41, 5.74) is 3.70. The highest BCUT2D eigenvalue weighted by Gasteiger charge is 2.28. The molecule has 0 atom stereocenters. The molecular formula is C19H19N5O3. The molecule has 1 aliphatic rings. The van der Waals surface area contributed by atoms with Crippen LogP contribution in [-0.4, -0.2) is 25.6 Å². The lowest BCUT2D eigenvalue weighted by molar-refractivity contribution is -0.385. The summed E-state index contributed by atoms with van der Waals surface area (Å²) < 4.78 is 1.68. The van der Waals surface area contributed by atoms with Crippen LogP contribution in [0, 0.1) is 24.0 Å². The average Bonchev–Trinajstić information content (AvgIpc) is 3.42. The van der Waals surface area contributed by atoms with Gasteiger partial charge in [0.05, 0.1) is 21.6 Å². The smallest absolute Gasteiger partial charge is 0.274 e. The Bertz CT molecular complexity index is 1100. The summed E-state index contributed by atoms with van der Waals surface area (Å²) in [5, 5.41) is 19.0. The Hall–Kier alpha value is -3.29. The summed E-state index contributed by atoms with van der Waals surface area (Å²) >= 11 is 0. The van der Waals surface area contributed by atoms with E-state index in [1.165, 1.54) is 6.07 Å². The summed E-state index contributed by atoms with van der Waals surface area (Å²) in [7, 11) is 1.81. The Labute approximate surface area is 155 Å². The van der Waals surface area contributed by atoms with E-state index >= 15 is 0 Å². The number of fused-ring (bicyclic) bond motifs is 1. The Morgan fingerprint density at radius 3 is 2.70 bits per heavy atom. The third-order valence-corrected chi connectivity index (χ3v) is 4.89. The van der Waals surface area contributed by atoms with E-state index in [9.17, 15) is 14.9 Å². The first-order valence-electron chi connectivity index (χ1n) is 8.76. The number of pyridine rings is 1. The molecule has 2 heterocycles. The van der Waals surface area contributed by atoms with Crippen LogP contribution in [0.15, 0.2) is 24.3 Å². The first-order chi connectivity index (χ1) is 12.8. The number of carbonyl (C=O) groups is 1. The van der Waals surface area contributed by atoms with E-state index in [2.05, 4.69) is 15.4 Å². The molecule has 1 aliphatic carbocycles. The van der Waals surface area contributed by atoms with Crippen molar-refractivity contribution in [1.82, 2.24) is 14.8 Å². The van der Waals surface area contributed by atoms with E-state index in [1.54, 1.807) is 23.7 Å². The SMILES string of the molecule is Cc1ccc(NC(=O)c2cc(C3CC3)nc3c2c(C)nn3C)cc1[N+](=O)[O-]. The lowest BCUT2D eigenvalue weighted by Gasteiger charge is -2.09. The summed E-state index contributed by atoms with van der Waals surface area (Å²) in [6.07, 6.45) is 2.14. The highest BCUT2D eigenvalue weighted by Crippen LogP contribution is 2.40. The van der Waals surface area contributed by atoms with Gasteiger partial charge in [0, 0.05) is 36.0 Å². The molecular weight excluding hydrogens is 346 g/mol. The third kappa shape index (κ3) is 3.03. The summed E-state index contributed by atoms with van der Waals surface area (Å²) in [4.78, 5) is 28.4. The van der Waals surface area contributed by atoms with E-state index in [-0.39, 0.29) is 11.6 Å². The van der Waals surface area contributed by atoms with Crippen molar-refractivity contribution in [3.05, 3.63) is 56.9 Å². The number of nitrogens with zero attached hydrogens (tertiary/aromatic N) is 4. The van der Waals surface area contributed by atoms with Crippen LogP contribution >= 0.6 is 0 Å².